The quantitative estimate of drug-likeness (QED) is 0.708. The molecule has 1 aliphatic rings. The maximum Gasteiger partial charge on any atom is 0.319 e. The monoisotopic (exact) mass is 338 g/mol. The molecular formula is C18H27FN2O3. The smallest absolute Gasteiger partial charge is 0.319 e. The first kappa shape index (κ1) is 18.5. The molecule has 0 heterocycles. The lowest BCUT2D eigenvalue weighted by Crippen LogP contribution is -2.50. The molecule has 1 aliphatic carbocycles. The van der Waals surface area contributed by atoms with Crippen LogP contribution >= 0.6 is 0 Å². The average molecular weight is 338 g/mol. The molecular weight excluding hydrogens is 311 g/mol. The average Bonchev–Trinajstić information content (AvgIpc) is 3.03. The summed E-state index contributed by atoms with van der Waals surface area (Å²) in [7, 11) is 0. The van der Waals surface area contributed by atoms with E-state index in [-0.39, 0.29) is 12.7 Å². The summed E-state index contributed by atoms with van der Waals surface area (Å²) in [6, 6.07) is 3.64. The molecule has 1 saturated carbocycles. The topological polar surface area (TPSA) is 70.6 Å². The highest BCUT2D eigenvalue weighted by molar-refractivity contribution is 5.91. The Labute approximate surface area is 142 Å². The number of ether oxygens (including phenoxy) is 1. The number of nitrogens with one attached hydrogen (secondary N) is 2. The van der Waals surface area contributed by atoms with Crippen molar-refractivity contribution in [3.05, 3.63) is 24.0 Å². The molecule has 0 radical (unpaired) electrons. The van der Waals surface area contributed by atoms with Crippen molar-refractivity contribution < 1.29 is 19.0 Å². The molecule has 0 saturated heterocycles. The van der Waals surface area contributed by atoms with Crippen LogP contribution in [-0.2, 0) is 0 Å². The molecule has 0 aliphatic heterocycles. The normalized spacial score (nSPS) is 17.3. The first-order chi connectivity index (χ1) is 11.5. The summed E-state index contributed by atoms with van der Waals surface area (Å²) < 4.78 is 19.4. The van der Waals surface area contributed by atoms with Crippen LogP contribution in [0.3, 0.4) is 0 Å². The number of carbonyl (C=O) groups excluding carboxylic acids is 1. The van der Waals surface area contributed by atoms with Gasteiger partial charge in [-0.1, -0.05) is 13.3 Å². The molecule has 0 bridgehead atoms. The van der Waals surface area contributed by atoms with Crippen LogP contribution in [0.5, 0.6) is 5.75 Å². The third-order valence-corrected chi connectivity index (χ3v) is 4.35. The molecule has 3 N–H and O–H groups in total. The van der Waals surface area contributed by atoms with Gasteiger partial charge in [-0.05, 0) is 51.2 Å². The molecule has 0 unspecified atom stereocenters. The van der Waals surface area contributed by atoms with Crippen LogP contribution in [0, 0.1) is 5.82 Å². The summed E-state index contributed by atoms with van der Waals surface area (Å²) in [6.07, 6.45) is 5.67. The molecule has 2 amide bonds. The van der Waals surface area contributed by atoms with Gasteiger partial charge in [0.2, 0.25) is 0 Å². The van der Waals surface area contributed by atoms with Gasteiger partial charge < -0.3 is 20.5 Å². The highest BCUT2D eigenvalue weighted by Crippen LogP contribution is 2.30. The molecule has 6 heteroatoms. The minimum absolute atomic E-state index is 0.0678. The van der Waals surface area contributed by atoms with Crippen LogP contribution in [0.15, 0.2) is 18.2 Å². The number of urea groups is 1. The SMILES string of the molecule is CCC[C@@](C)(CO)NC(=O)Nc1ccc(F)cc1OC1CCCC1. The van der Waals surface area contributed by atoms with Gasteiger partial charge in [-0.3, -0.25) is 0 Å². The van der Waals surface area contributed by atoms with E-state index in [9.17, 15) is 14.3 Å². The van der Waals surface area contributed by atoms with Crippen LogP contribution < -0.4 is 15.4 Å². The predicted octanol–water partition coefficient (Wildman–Crippen LogP) is 3.82. The van der Waals surface area contributed by atoms with Gasteiger partial charge in [-0.2, -0.15) is 0 Å². The van der Waals surface area contributed by atoms with Crippen LogP contribution in [0.4, 0.5) is 14.9 Å². The summed E-state index contributed by atoms with van der Waals surface area (Å²) in [5.41, 5.74) is -0.261. The summed E-state index contributed by atoms with van der Waals surface area (Å²) in [5, 5.41) is 15.0. The van der Waals surface area contributed by atoms with Crippen molar-refractivity contribution in [2.75, 3.05) is 11.9 Å². The van der Waals surface area contributed by atoms with Gasteiger partial charge in [0.25, 0.3) is 0 Å². The minimum Gasteiger partial charge on any atom is -0.488 e. The summed E-state index contributed by atoms with van der Waals surface area (Å²) >= 11 is 0. The predicted molar refractivity (Wildman–Crippen MR) is 91.8 cm³/mol. The van der Waals surface area contributed by atoms with Crippen molar-refractivity contribution in [1.82, 2.24) is 5.32 Å². The van der Waals surface area contributed by atoms with Gasteiger partial charge in [0.05, 0.1) is 23.9 Å². The molecule has 5 nitrogen and oxygen atoms in total. The first-order valence-corrected chi connectivity index (χ1v) is 8.62. The standard InChI is InChI=1S/C18H27FN2O3/c1-3-10-18(2,12-22)21-17(23)20-15-9-8-13(19)11-16(15)24-14-6-4-5-7-14/h8-9,11,14,22H,3-7,10,12H2,1-2H3,(H2,20,21,23)/t18-/m0/s1. The molecule has 1 fully saturated rings. The van der Waals surface area contributed by atoms with Gasteiger partial charge in [0, 0.05) is 6.07 Å². The number of rotatable bonds is 7. The minimum atomic E-state index is -0.689. The lowest BCUT2D eigenvalue weighted by Gasteiger charge is -2.28. The van der Waals surface area contributed by atoms with E-state index < -0.39 is 17.4 Å². The molecule has 134 valence electrons. The van der Waals surface area contributed by atoms with Crippen LogP contribution in [0.25, 0.3) is 0 Å². The van der Waals surface area contributed by atoms with E-state index in [0.29, 0.717) is 17.9 Å². The molecule has 24 heavy (non-hydrogen) atoms. The van der Waals surface area contributed by atoms with Crippen molar-refractivity contribution in [2.45, 2.75) is 64.0 Å². The zero-order chi connectivity index (χ0) is 17.6. The van der Waals surface area contributed by atoms with E-state index in [4.69, 9.17) is 4.74 Å². The number of hydrogen-bond acceptors (Lipinski definition) is 3. The first-order valence-electron chi connectivity index (χ1n) is 8.62. The number of amides is 2. The van der Waals surface area contributed by atoms with E-state index in [1.54, 1.807) is 6.92 Å². The van der Waals surface area contributed by atoms with Crippen molar-refractivity contribution in [1.29, 1.82) is 0 Å². The van der Waals surface area contributed by atoms with Gasteiger partial charge in [-0.15, -0.1) is 0 Å². The van der Waals surface area contributed by atoms with Gasteiger partial charge in [0.15, 0.2) is 0 Å². The van der Waals surface area contributed by atoms with E-state index in [2.05, 4.69) is 10.6 Å². The number of anilines is 1. The number of aliphatic hydroxyl groups excluding tert-OH is 1. The Morgan fingerprint density at radius 3 is 2.75 bits per heavy atom. The van der Waals surface area contributed by atoms with Crippen LogP contribution in [-0.4, -0.2) is 29.4 Å². The van der Waals surface area contributed by atoms with E-state index in [1.165, 1.54) is 18.2 Å². The van der Waals surface area contributed by atoms with Crippen LogP contribution in [0.2, 0.25) is 0 Å². The number of benzene rings is 1. The van der Waals surface area contributed by atoms with Gasteiger partial charge >= 0.3 is 6.03 Å². The summed E-state index contributed by atoms with van der Waals surface area (Å²) in [4.78, 5) is 12.3. The second-order valence-electron chi connectivity index (χ2n) is 6.71. The Balaban J connectivity index is 2.06. The van der Waals surface area contributed by atoms with E-state index in [0.717, 1.165) is 32.1 Å². The Bertz CT molecular complexity index is 561. The number of hydrogen-bond donors (Lipinski definition) is 3. The molecule has 1 aromatic rings. The van der Waals surface area contributed by atoms with Crippen molar-refractivity contribution >= 4 is 11.7 Å². The zero-order valence-electron chi connectivity index (χ0n) is 14.4. The third-order valence-electron chi connectivity index (χ3n) is 4.35. The summed E-state index contributed by atoms with van der Waals surface area (Å²) in [6.45, 7) is 3.63. The van der Waals surface area contributed by atoms with Crippen LogP contribution in [0.1, 0.15) is 52.4 Å². The Morgan fingerprint density at radius 1 is 1.42 bits per heavy atom. The Kier molecular flexibility index (Phi) is 6.43. The van der Waals surface area contributed by atoms with E-state index in [1.807, 2.05) is 6.92 Å². The second-order valence-corrected chi connectivity index (χ2v) is 6.71. The zero-order valence-corrected chi connectivity index (χ0v) is 14.4. The van der Waals surface area contributed by atoms with Gasteiger partial charge in [-0.25, -0.2) is 9.18 Å². The molecule has 0 aromatic heterocycles. The number of carbonyl (C=O) groups is 1. The maximum atomic E-state index is 13.5. The molecule has 2 rings (SSSR count). The molecule has 1 atom stereocenters. The fourth-order valence-corrected chi connectivity index (χ4v) is 3.04. The lowest BCUT2D eigenvalue weighted by atomic mass is 9.98. The Morgan fingerprint density at radius 2 is 2.12 bits per heavy atom. The number of aliphatic hydroxyl groups is 1. The highest BCUT2D eigenvalue weighted by Gasteiger charge is 2.25. The largest absolute Gasteiger partial charge is 0.488 e. The van der Waals surface area contributed by atoms with E-state index >= 15 is 0 Å². The highest BCUT2D eigenvalue weighted by atomic mass is 19.1. The van der Waals surface area contributed by atoms with Crippen molar-refractivity contribution in [2.24, 2.45) is 0 Å². The lowest BCUT2D eigenvalue weighted by molar-refractivity contribution is 0.167. The maximum absolute atomic E-state index is 13.5. The van der Waals surface area contributed by atoms with Crippen molar-refractivity contribution in [3.8, 4) is 5.75 Å². The summed E-state index contributed by atoms with van der Waals surface area (Å²) in [5.74, 6) is -0.0571. The fraction of sp³-hybridized carbons (Fsp3) is 0.611. The number of halogens is 1. The second kappa shape index (κ2) is 8.33. The Hall–Kier alpha value is -1.82. The van der Waals surface area contributed by atoms with Crippen molar-refractivity contribution in [3.63, 3.8) is 0 Å². The molecule has 1 aromatic carbocycles. The molecule has 0 spiro atoms. The third kappa shape index (κ3) is 5.09. The fourth-order valence-electron chi connectivity index (χ4n) is 3.04. The van der Waals surface area contributed by atoms with Gasteiger partial charge in [0.1, 0.15) is 11.6 Å².